The van der Waals surface area contributed by atoms with E-state index >= 15 is 0 Å². The number of aliphatic hydroxyl groups excluding tert-OH is 1. The van der Waals surface area contributed by atoms with Gasteiger partial charge in [-0.05, 0) is 72.1 Å². The molecule has 0 radical (unpaired) electrons. The minimum atomic E-state index is -0.486. The molecule has 0 aliphatic heterocycles. The predicted octanol–water partition coefficient (Wildman–Crippen LogP) is 7.08. The summed E-state index contributed by atoms with van der Waals surface area (Å²) < 4.78 is 1.11. The van der Waals surface area contributed by atoms with Crippen LogP contribution in [0.5, 0.6) is 0 Å². The summed E-state index contributed by atoms with van der Waals surface area (Å²) >= 11 is 3.70. The quantitative estimate of drug-likeness (QED) is 0.358. The summed E-state index contributed by atoms with van der Waals surface area (Å²) in [6, 6.07) is 17.1. The highest BCUT2D eigenvalue weighted by Crippen LogP contribution is 2.34. The summed E-state index contributed by atoms with van der Waals surface area (Å²) in [5.74, 6) is 0. The Hall–Kier alpha value is -1.42. The van der Waals surface area contributed by atoms with Crippen LogP contribution >= 0.6 is 15.9 Å². The lowest BCUT2D eigenvalue weighted by Crippen LogP contribution is -2.39. The number of benzene rings is 3. The number of nitrogens with zero attached hydrogens (tertiary/aromatic N) is 1. The maximum Gasteiger partial charge on any atom is 0.0942 e. The fraction of sp³-hybridized carbons (Fsp3) is 0.440. The molecule has 3 heteroatoms. The summed E-state index contributed by atoms with van der Waals surface area (Å²) in [7, 11) is 0. The van der Waals surface area contributed by atoms with Crippen molar-refractivity contribution in [2.45, 2.75) is 58.6 Å². The van der Waals surface area contributed by atoms with Crippen LogP contribution in [0.15, 0.2) is 53.0 Å². The first-order chi connectivity index (χ1) is 13.6. The van der Waals surface area contributed by atoms with Crippen LogP contribution in [0.2, 0.25) is 0 Å². The van der Waals surface area contributed by atoms with Crippen LogP contribution < -0.4 is 0 Å². The third-order valence-corrected chi connectivity index (χ3v) is 6.46. The summed E-state index contributed by atoms with van der Waals surface area (Å²) in [5, 5.41) is 16.0. The zero-order chi connectivity index (χ0) is 20.1. The molecule has 0 aliphatic carbocycles. The Kier molecular flexibility index (Phi) is 7.50. The molecule has 2 atom stereocenters. The molecule has 0 spiro atoms. The van der Waals surface area contributed by atoms with Crippen molar-refractivity contribution in [2.24, 2.45) is 0 Å². The summed E-state index contributed by atoms with van der Waals surface area (Å²) in [4.78, 5) is 2.46. The molecule has 0 saturated heterocycles. The minimum Gasteiger partial charge on any atom is -0.387 e. The van der Waals surface area contributed by atoms with Crippen LogP contribution in [-0.2, 0) is 0 Å². The molecule has 0 aliphatic rings. The molecule has 0 amide bonds. The molecule has 3 aromatic carbocycles. The van der Waals surface area contributed by atoms with Gasteiger partial charge in [-0.1, -0.05) is 79.0 Å². The van der Waals surface area contributed by atoms with Crippen molar-refractivity contribution in [1.82, 2.24) is 4.90 Å². The van der Waals surface area contributed by atoms with E-state index in [1.165, 1.54) is 47.2 Å². The Morgan fingerprint density at radius 2 is 1.54 bits per heavy atom. The molecular formula is C25H32BrNO. The molecule has 3 aromatic rings. The first-order valence-corrected chi connectivity index (χ1v) is 11.4. The molecule has 0 fully saturated rings. The van der Waals surface area contributed by atoms with Crippen molar-refractivity contribution >= 4 is 37.5 Å². The van der Waals surface area contributed by atoms with E-state index in [0.717, 1.165) is 23.1 Å². The van der Waals surface area contributed by atoms with Gasteiger partial charge in [0.15, 0.2) is 0 Å². The number of hydrogen-bond acceptors (Lipinski definition) is 2. The van der Waals surface area contributed by atoms with E-state index in [1.54, 1.807) is 0 Å². The van der Waals surface area contributed by atoms with Crippen LogP contribution in [0.4, 0.5) is 0 Å². The fourth-order valence-corrected chi connectivity index (χ4v) is 4.57. The molecule has 0 bridgehead atoms. The van der Waals surface area contributed by atoms with Crippen molar-refractivity contribution in [1.29, 1.82) is 0 Å². The maximum atomic E-state index is 11.2. The molecular weight excluding hydrogens is 410 g/mol. The second-order valence-electron chi connectivity index (χ2n) is 7.81. The zero-order valence-electron chi connectivity index (χ0n) is 17.3. The van der Waals surface area contributed by atoms with E-state index in [4.69, 9.17) is 0 Å². The first-order valence-electron chi connectivity index (χ1n) is 10.6. The van der Waals surface area contributed by atoms with Crippen LogP contribution in [0.3, 0.4) is 0 Å². The summed E-state index contributed by atoms with van der Waals surface area (Å²) in [6.45, 7) is 8.73. The second-order valence-corrected chi connectivity index (χ2v) is 8.67. The van der Waals surface area contributed by atoms with Crippen molar-refractivity contribution in [3.8, 4) is 0 Å². The number of fused-ring (bicyclic) bond motifs is 3. The highest BCUT2D eigenvalue weighted by Gasteiger charge is 2.23. The highest BCUT2D eigenvalue weighted by molar-refractivity contribution is 9.10. The van der Waals surface area contributed by atoms with E-state index in [9.17, 15) is 5.11 Å². The molecule has 0 heterocycles. The van der Waals surface area contributed by atoms with E-state index in [1.807, 2.05) is 0 Å². The zero-order valence-corrected chi connectivity index (χ0v) is 18.9. The van der Waals surface area contributed by atoms with Gasteiger partial charge < -0.3 is 5.11 Å². The van der Waals surface area contributed by atoms with Gasteiger partial charge in [0.25, 0.3) is 0 Å². The molecule has 0 aromatic heterocycles. The molecule has 150 valence electrons. The van der Waals surface area contributed by atoms with Gasteiger partial charge in [-0.3, -0.25) is 4.90 Å². The lowest BCUT2D eigenvalue weighted by Gasteiger charge is -2.32. The van der Waals surface area contributed by atoms with Crippen LogP contribution in [0, 0.1) is 0 Å². The second kappa shape index (κ2) is 9.87. The molecule has 3 rings (SSSR count). The highest BCUT2D eigenvalue weighted by atomic mass is 79.9. The van der Waals surface area contributed by atoms with Crippen LogP contribution in [-0.4, -0.2) is 29.1 Å². The first kappa shape index (κ1) is 21.3. The lowest BCUT2D eigenvalue weighted by molar-refractivity contribution is 0.0561. The SMILES string of the molecule is CCCCN(CCCC)[C@@H](C)[C@H](O)c1ccc2cc(Br)c3ccccc3c2c1. The van der Waals surface area contributed by atoms with E-state index < -0.39 is 6.10 Å². The average Bonchev–Trinajstić information content (AvgIpc) is 2.73. The molecule has 2 nitrogen and oxygen atoms in total. The third kappa shape index (κ3) is 4.59. The topological polar surface area (TPSA) is 23.5 Å². The van der Waals surface area contributed by atoms with Gasteiger partial charge in [-0.2, -0.15) is 0 Å². The minimum absolute atomic E-state index is 0.109. The van der Waals surface area contributed by atoms with Gasteiger partial charge in [-0.25, -0.2) is 0 Å². The maximum absolute atomic E-state index is 11.2. The lowest BCUT2D eigenvalue weighted by atomic mass is 9.95. The smallest absolute Gasteiger partial charge is 0.0942 e. The van der Waals surface area contributed by atoms with Gasteiger partial charge in [0.1, 0.15) is 0 Å². The number of halogens is 1. The number of rotatable bonds is 9. The largest absolute Gasteiger partial charge is 0.387 e. The van der Waals surface area contributed by atoms with Gasteiger partial charge in [0.2, 0.25) is 0 Å². The van der Waals surface area contributed by atoms with Crippen molar-refractivity contribution in [2.75, 3.05) is 13.1 Å². The fourth-order valence-electron chi connectivity index (χ4n) is 3.98. The normalized spacial score (nSPS) is 14.1. The van der Waals surface area contributed by atoms with E-state index in [-0.39, 0.29) is 6.04 Å². The Bertz CT molecular complexity index is 915. The van der Waals surface area contributed by atoms with Crippen LogP contribution in [0.25, 0.3) is 21.5 Å². The van der Waals surface area contributed by atoms with Crippen molar-refractivity contribution in [3.63, 3.8) is 0 Å². The molecule has 28 heavy (non-hydrogen) atoms. The van der Waals surface area contributed by atoms with Crippen molar-refractivity contribution in [3.05, 3.63) is 58.6 Å². The predicted molar refractivity (Wildman–Crippen MR) is 125 cm³/mol. The molecule has 0 saturated carbocycles. The standard InChI is InChI=1S/C25H32BrNO/c1-4-6-14-27(15-7-5-2)18(3)25(28)20-13-12-19-17-24(26)22-11-9-8-10-21(22)23(19)16-20/h8-13,16-18,25,28H,4-7,14-15H2,1-3H3/t18-,25-/m0/s1. The number of unbranched alkanes of at least 4 members (excludes halogenated alkanes) is 2. The monoisotopic (exact) mass is 441 g/mol. The molecule has 1 N–H and O–H groups in total. The average molecular weight is 442 g/mol. The van der Waals surface area contributed by atoms with E-state index in [0.29, 0.717) is 0 Å². The van der Waals surface area contributed by atoms with Crippen LogP contribution in [0.1, 0.15) is 58.1 Å². The van der Waals surface area contributed by atoms with Gasteiger partial charge in [-0.15, -0.1) is 0 Å². The Labute approximate surface area is 177 Å². The van der Waals surface area contributed by atoms with Crippen molar-refractivity contribution < 1.29 is 5.11 Å². The number of hydrogen-bond donors (Lipinski definition) is 1. The van der Waals surface area contributed by atoms with E-state index in [2.05, 4.69) is 90.1 Å². The summed E-state index contributed by atoms with van der Waals surface area (Å²) in [5.41, 5.74) is 1.01. The molecule has 0 unspecified atom stereocenters. The third-order valence-electron chi connectivity index (χ3n) is 5.81. The van der Waals surface area contributed by atoms with Gasteiger partial charge >= 0.3 is 0 Å². The van der Waals surface area contributed by atoms with Gasteiger partial charge in [0.05, 0.1) is 6.10 Å². The summed E-state index contributed by atoms with van der Waals surface area (Å²) in [6.07, 6.45) is 4.24. The number of aliphatic hydroxyl groups is 1. The Morgan fingerprint density at radius 1 is 0.893 bits per heavy atom. The Morgan fingerprint density at radius 3 is 2.18 bits per heavy atom. The van der Waals surface area contributed by atoms with Gasteiger partial charge in [0, 0.05) is 10.5 Å². The Balaban J connectivity index is 1.95.